The molecule has 0 heterocycles. The lowest BCUT2D eigenvalue weighted by molar-refractivity contribution is -0.0300. The van der Waals surface area contributed by atoms with Gasteiger partial charge in [0.25, 0.3) is 0 Å². The second-order valence-electron chi connectivity index (χ2n) is 19.7. The predicted octanol–water partition coefficient (Wildman–Crippen LogP) is 18.0. The summed E-state index contributed by atoms with van der Waals surface area (Å²) in [5, 5.41) is 0. The third-order valence-electron chi connectivity index (χ3n) is 15.2. The molecular formula is C51H99O3P. The Hall–Kier alpha value is 0.310. The maximum absolute atomic E-state index is 10.4. The third kappa shape index (κ3) is 23.6. The van der Waals surface area contributed by atoms with Gasteiger partial charge in [0.05, 0.1) is 5.60 Å². The van der Waals surface area contributed by atoms with Gasteiger partial charge in [0.15, 0.2) is 0 Å². The van der Waals surface area contributed by atoms with Gasteiger partial charge in [0.1, 0.15) is 0 Å². The van der Waals surface area contributed by atoms with Gasteiger partial charge in [0.2, 0.25) is 0 Å². The van der Waals surface area contributed by atoms with Crippen molar-refractivity contribution in [2.24, 2.45) is 23.7 Å². The number of rotatable bonds is 24. The molecule has 3 aliphatic carbocycles. The van der Waals surface area contributed by atoms with E-state index in [0.29, 0.717) is 5.92 Å². The molecule has 4 heteroatoms. The Morgan fingerprint density at radius 1 is 0.418 bits per heavy atom. The summed E-state index contributed by atoms with van der Waals surface area (Å²) in [4.78, 5) is 20.8. The Morgan fingerprint density at radius 3 is 1.09 bits per heavy atom. The van der Waals surface area contributed by atoms with Gasteiger partial charge in [-0.3, -0.25) is 0 Å². The monoisotopic (exact) mass is 791 g/mol. The van der Waals surface area contributed by atoms with Crippen LogP contribution in [0.2, 0.25) is 0 Å². The van der Waals surface area contributed by atoms with Crippen LogP contribution in [-0.4, -0.2) is 15.4 Å². The molecule has 0 saturated heterocycles. The highest BCUT2D eigenvalue weighted by Crippen LogP contribution is 2.47. The first kappa shape index (κ1) is 49.7. The Kier molecular flexibility index (Phi) is 30.8. The van der Waals surface area contributed by atoms with E-state index in [1.165, 1.54) is 276 Å². The van der Waals surface area contributed by atoms with Crippen LogP contribution in [0.1, 0.15) is 296 Å². The van der Waals surface area contributed by atoms with Gasteiger partial charge in [-0.25, -0.2) is 0 Å². The topological polar surface area (TPSA) is 49.7 Å². The van der Waals surface area contributed by atoms with E-state index in [0.717, 1.165) is 30.6 Å². The van der Waals surface area contributed by atoms with Crippen LogP contribution in [0.3, 0.4) is 0 Å². The summed E-state index contributed by atoms with van der Waals surface area (Å²) < 4.78 is 6.42. The van der Waals surface area contributed by atoms with Crippen molar-refractivity contribution in [3.8, 4) is 0 Å². The zero-order valence-corrected chi connectivity index (χ0v) is 38.3. The van der Waals surface area contributed by atoms with E-state index in [1.807, 2.05) is 0 Å². The molecule has 3 aliphatic rings. The molecule has 0 bridgehead atoms. The molecule has 2 N–H and O–H groups in total. The van der Waals surface area contributed by atoms with Gasteiger partial charge in [0, 0.05) is 0 Å². The standard InChI is InChI=1S/C51H99O3P/c1-2-3-4-5-6-18-27-36-45-51(54-55(52)53,49-42-33-24-15-9-16-25-34-43-49)46-37-28-19-10-17-26-35-44-50(47-38-29-20-11-7-12-21-30-39-47)48-40-31-22-13-8-14-23-32-41-48/h47-50,52-53H,2-46H2,1H3. The lowest BCUT2D eigenvalue weighted by atomic mass is 9.70. The molecule has 3 saturated carbocycles. The van der Waals surface area contributed by atoms with Crippen molar-refractivity contribution in [1.82, 2.24) is 0 Å². The average Bonchev–Trinajstić information content (AvgIpc) is 3.19. The maximum atomic E-state index is 10.4. The fourth-order valence-electron chi connectivity index (χ4n) is 11.8. The van der Waals surface area contributed by atoms with Gasteiger partial charge in [-0.15, -0.1) is 0 Å². The lowest BCUT2D eigenvalue weighted by Crippen LogP contribution is -2.40. The van der Waals surface area contributed by atoms with Crippen LogP contribution in [0.15, 0.2) is 0 Å². The smallest absolute Gasteiger partial charge is 0.327 e. The first-order valence-electron chi connectivity index (χ1n) is 26.0. The molecular weight excluding hydrogens is 692 g/mol. The molecule has 55 heavy (non-hydrogen) atoms. The molecule has 3 rings (SSSR count). The quantitative estimate of drug-likeness (QED) is 0.0756. The van der Waals surface area contributed by atoms with E-state index in [-0.39, 0.29) is 5.60 Å². The number of hydrogen-bond acceptors (Lipinski definition) is 3. The molecule has 3 nitrogen and oxygen atoms in total. The molecule has 0 amide bonds. The highest BCUT2D eigenvalue weighted by Gasteiger charge is 2.40. The Balaban J connectivity index is 1.50. The predicted molar refractivity (Wildman–Crippen MR) is 243 cm³/mol. The summed E-state index contributed by atoms with van der Waals surface area (Å²) in [5.41, 5.74) is -0.337. The van der Waals surface area contributed by atoms with Gasteiger partial charge < -0.3 is 14.3 Å². The van der Waals surface area contributed by atoms with E-state index in [9.17, 15) is 9.79 Å². The largest absolute Gasteiger partial charge is 0.328 e. The molecule has 326 valence electrons. The summed E-state index contributed by atoms with van der Waals surface area (Å²) in [5.74, 6) is 3.49. The van der Waals surface area contributed by atoms with Crippen molar-refractivity contribution in [2.75, 3.05) is 0 Å². The minimum Gasteiger partial charge on any atom is -0.328 e. The number of unbranched alkanes of at least 4 members (excludes halogenated alkanes) is 13. The SMILES string of the molecule is CCCCCCCCCCC(CCCCCCCCCC(C1CCCCCCCCC1)C1CCCCCCCCC1)(OP(O)O)C1CCCCCCCCC1. The summed E-state index contributed by atoms with van der Waals surface area (Å²) in [6, 6.07) is 0. The second kappa shape index (κ2) is 34.1. The van der Waals surface area contributed by atoms with Crippen LogP contribution < -0.4 is 0 Å². The molecule has 1 unspecified atom stereocenters. The fraction of sp³-hybridized carbons (Fsp3) is 1.00. The number of hydrogen-bond donors (Lipinski definition) is 2. The van der Waals surface area contributed by atoms with Gasteiger partial charge in [-0.2, -0.15) is 0 Å². The molecule has 1 atom stereocenters. The van der Waals surface area contributed by atoms with Crippen LogP contribution in [0, 0.1) is 23.7 Å². The van der Waals surface area contributed by atoms with Crippen LogP contribution >= 0.6 is 8.60 Å². The van der Waals surface area contributed by atoms with E-state index >= 15 is 0 Å². The van der Waals surface area contributed by atoms with Crippen LogP contribution in [0.25, 0.3) is 0 Å². The minimum atomic E-state index is -2.34. The summed E-state index contributed by atoms with van der Waals surface area (Å²) >= 11 is 0. The van der Waals surface area contributed by atoms with Crippen LogP contribution in [0.5, 0.6) is 0 Å². The lowest BCUT2D eigenvalue weighted by Gasteiger charge is -2.42. The minimum absolute atomic E-state index is 0.337. The third-order valence-corrected chi connectivity index (χ3v) is 15.7. The first-order chi connectivity index (χ1) is 27.1. The van der Waals surface area contributed by atoms with E-state index < -0.39 is 8.60 Å². The molecule has 0 aromatic rings. The molecule has 0 aromatic heterocycles. The summed E-state index contributed by atoms with van der Waals surface area (Å²) in [6.07, 6.45) is 62.3. The van der Waals surface area contributed by atoms with E-state index in [1.54, 1.807) is 0 Å². The molecule has 3 fully saturated rings. The maximum Gasteiger partial charge on any atom is 0.327 e. The average molecular weight is 791 g/mol. The first-order valence-corrected chi connectivity index (χ1v) is 27.2. The fourth-order valence-corrected chi connectivity index (χ4v) is 12.5. The van der Waals surface area contributed by atoms with Crippen LogP contribution in [0.4, 0.5) is 0 Å². The highest BCUT2D eigenvalue weighted by atomic mass is 31.2. The van der Waals surface area contributed by atoms with Crippen molar-refractivity contribution in [1.29, 1.82) is 0 Å². The van der Waals surface area contributed by atoms with E-state index in [4.69, 9.17) is 4.52 Å². The Labute approximate surface area is 346 Å². The summed E-state index contributed by atoms with van der Waals surface area (Å²) in [7, 11) is -2.34. The van der Waals surface area contributed by atoms with Crippen molar-refractivity contribution >= 4 is 8.60 Å². The zero-order chi connectivity index (χ0) is 38.9. The molecule has 0 radical (unpaired) electrons. The van der Waals surface area contributed by atoms with Crippen molar-refractivity contribution in [3.05, 3.63) is 0 Å². The molecule has 0 aromatic carbocycles. The van der Waals surface area contributed by atoms with E-state index in [2.05, 4.69) is 6.92 Å². The van der Waals surface area contributed by atoms with Gasteiger partial charge >= 0.3 is 8.60 Å². The normalized spacial score (nSPS) is 21.8. The Morgan fingerprint density at radius 2 is 0.727 bits per heavy atom. The van der Waals surface area contributed by atoms with Crippen molar-refractivity contribution < 1.29 is 14.3 Å². The van der Waals surface area contributed by atoms with Gasteiger partial charge in [-0.05, 0) is 55.8 Å². The highest BCUT2D eigenvalue weighted by molar-refractivity contribution is 7.39. The molecule has 0 aliphatic heterocycles. The summed E-state index contributed by atoms with van der Waals surface area (Å²) in [6.45, 7) is 2.30. The Bertz CT molecular complexity index is 779. The van der Waals surface area contributed by atoms with Gasteiger partial charge in [-0.1, -0.05) is 264 Å². The second-order valence-corrected chi connectivity index (χ2v) is 20.4. The van der Waals surface area contributed by atoms with Crippen LogP contribution in [-0.2, 0) is 4.52 Å². The van der Waals surface area contributed by atoms with Crippen molar-refractivity contribution in [3.63, 3.8) is 0 Å². The van der Waals surface area contributed by atoms with Crippen molar-refractivity contribution in [2.45, 2.75) is 301 Å². The zero-order valence-electron chi connectivity index (χ0n) is 37.4. The molecule has 0 spiro atoms.